The molecule has 0 radical (unpaired) electrons. The topological polar surface area (TPSA) is 38.8 Å². The van der Waals surface area contributed by atoms with Crippen LogP contribution in [0, 0.1) is 0 Å². The number of rotatable bonds is 4. The van der Waals surface area contributed by atoms with Crippen LogP contribution in [0.1, 0.15) is 19.4 Å². The van der Waals surface area contributed by atoms with Gasteiger partial charge in [0.25, 0.3) is 0 Å². The van der Waals surface area contributed by atoms with Crippen molar-refractivity contribution in [2.75, 3.05) is 20.8 Å². The molecule has 0 saturated carbocycles. The van der Waals surface area contributed by atoms with Crippen LogP contribution < -0.4 is 9.47 Å². The molecule has 1 aromatic rings. The summed E-state index contributed by atoms with van der Waals surface area (Å²) in [5.74, 6) is 1.60. The molecule has 102 valence electrons. The molecule has 2 rings (SSSR count). The van der Waals surface area contributed by atoms with Gasteiger partial charge in [-0.3, -0.25) is 4.79 Å². The molecule has 19 heavy (non-hydrogen) atoms. The molecule has 0 bridgehead atoms. The quantitative estimate of drug-likeness (QED) is 0.835. The van der Waals surface area contributed by atoms with E-state index in [0.717, 1.165) is 28.2 Å². The third kappa shape index (κ3) is 2.57. The van der Waals surface area contributed by atoms with Gasteiger partial charge in [-0.25, -0.2) is 0 Å². The highest BCUT2D eigenvalue weighted by Gasteiger charge is 2.25. The van der Waals surface area contributed by atoms with Crippen molar-refractivity contribution in [3.8, 4) is 11.5 Å². The highest BCUT2D eigenvalue weighted by molar-refractivity contribution is 5.96. The van der Waals surface area contributed by atoms with Crippen LogP contribution in [0.4, 0.5) is 0 Å². The van der Waals surface area contributed by atoms with E-state index in [1.165, 1.54) is 0 Å². The van der Waals surface area contributed by atoms with Crippen molar-refractivity contribution in [2.24, 2.45) is 0 Å². The molecule has 0 unspecified atom stereocenters. The molecule has 1 aromatic carbocycles. The fourth-order valence-electron chi connectivity index (χ4n) is 2.21. The van der Waals surface area contributed by atoms with Crippen LogP contribution in [0.3, 0.4) is 0 Å². The summed E-state index contributed by atoms with van der Waals surface area (Å²) in [6, 6.07) is 5.66. The summed E-state index contributed by atoms with van der Waals surface area (Å²) in [5, 5.41) is 0. The first-order chi connectivity index (χ1) is 9.06. The van der Waals surface area contributed by atoms with E-state index in [1.807, 2.05) is 36.9 Å². The maximum atomic E-state index is 12.0. The molecule has 0 saturated heterocycles. The lowest BCUT2D eigenvalue weighted by molar-refractivity contribution is -0.125. The van der Waals surface area contributed by atoms with Crippen molar-refractivity contribution >= 4 is 5.91 Å². The summed E-state index contributed by atoms with van der Waals surface area (Å²) in [6.45, 7) is 5.13. The number of hydrogen-bond acceptors (Lipinski definition) is 3. The number of carbonyl (C=O) groups excluding carboxylic acids is 1. The van der Waals surface area contributed by atoms with Gasteiger partial charge in [0.15, 0.2) is 0 Å². The van der Waals surface area contributed by atoms with Crippen LogP contribution in [0.25, 0.3) is 0 Å². The fraction of sp³-hybridized carbons (Fsp3) is 0.400. The van der Waals surface area contributed by atoms with Gasteiger partial charge in [0.1, 0.15) is 11.5 Å². The smallest absolute Gasteiger partial charge is 0.250 e. The molecule has 0 atom stereocenters. The van der Waals surface area contributed by atoms with Crippen molar-refractivity contribution < 1.29 is 14.3 Å². The van der Waals surface area contributed by atoms with E-state index in [-0.39, 0.29) is 5.91 Å². The van der Waals surface area contributed by atoms with E-state index in [1.54, 1.807) is 14.2 Å². The van der Waals surface area contributed by atoms with E-state index < -0.39 is 0 Å². The molecule has 0 spiro atoms. The maximum absolute atomic E-state index is 12.0. The average molecular weight is 261 g/mol. The number of benzene rings is 1. The van der Waals surface area contributed by atoms with Gasteiger partial charge in [0.05, 0.1) is 14.2 Å². The highest BCUT2D eigenvalue weighted by Crippen LogP contribution is 2.28. The second-order valence-corrected chi connectivity index (χ2v) is 4.74. The minimum absolute atomic E-state index is 0.107. The van der Waals surface area contributed by atoms with Crippen LogP contribution in [0.2, 0.25) is 0 Å². The Kier molecular flexibility index (Phi) is 3.79. The third-order valence-electron chi connectivity index (χ3n) is 3.53. The Hall–Kier alpha value is -1.97. The minimum atomic E-state index is 0.107. The van der Waals surface area contributed by atoms with E-state index in [2.05, 4.69) is 0 Å². The SMILES string of the molecule is COc1ccc(CN2CC(C)=C(C)C2=O)c(OC)c1. The van der Waals surface area contributed by atoms with Gasteiger partial charge in [0, 0.05) is 30.3 Å². The summed E-state index contributed by atoms with van der Waals surface area (Å²) >= 11 is 0. The molecule has 4 nitrogen and oxygen atoms in total. The van der Waals surface area contributed by atoms with Crippen molar-refractivity contribution in [2.45, 2.75) is 20.4 Å². The fourth-order valence-corrected chi connectivity index (χ4v) is 2.21. The van der Waals surface area contributed by atoms with Crippen LogP contribution in [-0.4, -0.2) is 31.6 Å². The number of methoxy groups -OCH3 is 2. The monoisotopic (exact) mass is 261 g/mol. The Bertz CT molecular complexity index is 534. The van der Waals surface area contributed by atoms with Crippen molar-refractivity contribution in [3.05, 3.63) is 34.9 Å². The van der Waals surface area contributed by atoms with Crippen LogP contribution in [0.15, 0.2) is 29.3 Å². The first kappa shape index (κ1) is 13.5. The second-order valence-electron chi connectivity index (χ2n) is 4.74. The number of amides is 1. The Morgan fingerprint density at radius 2 is 1.95 bits per heavy atom. The Labute approximate surface area is 113 Å². The van der Waals surface area contributed by atoms with Crippen LogP contribution in [0.5, 0.6) is 11.5 Å². The number of carbonyl (C=O) groups is 1. The summed E-state index contributed by atoms with van der Waals surface area (Å²) in [6.07, 6.45) is 0. The van der Waals surface area contributed by atoms with Gasteiger partial charge >= 0.3 is 0 Å². The first-order valence-electron chi connectivity index (χ1n) is 6.23. The summed E-state index contributed by atoms with van der Waals surface area (Å²) < 4.78 is 10.5. The third-order valence-corrected chi connectivity index (χ3v) is 3.53. The molecule has 1 aliphatic heterocycles. The molecular weight excluding hydrogens is 242 g/mol. The first-order valence-corrected chi connectivity index (χ1v) is 6.23. The van der Waals surface area contributed by atoms with Gasteiger partial charge in [-0.2, -0.15) is 0 Å². The number of ether oxygens (including phenoxy) is 2. The van der Waals surface area contributed by atoms with Gasteiger partial charge in [-0.05, 0) is 31.6 Å². The van der Waals surface area contributed by atoms with E-state index >= 15 is 0 Å². The number of nitrogens with zero attached hydrogens (tertiary/aromatic N) is 1. The molecule has 1 aliphatic rings. The molecule has 4 heteroatoms. The van der Waals surface area contributed by atoms with Gasteiger partial charge in [-0.1, -0.05) is 0 Å². The van der Waals surface area contributed by atoms with E-state index in [4.69, 9.17) is 9.47 Å². The highest BCUT2D eigenvalue weighted by atomic mass is 16.5. The predicted octanol–water partition coefficient (Wildman–Crippen LogP) is 2.38. The predicted molar refractivity (Wildman–Crippen MR) is 73.3 cm³/mol. The van der Waals surface area contributed by atoms with Crippen LogP contribution in [-0.2, 0) is 11.3 Å². The molecule has 1 heterocycles. The molecule has 1 amide bonds. The molecule has 0 aliphatic carbocycles. The normalized spacial score (nSPS) is 15.2. The van der Waals surface area contributed by atoms with E-state index in [9.17, 15) is 4.79 Å². The van der Waals surface area contributed by atoms with Gasteiger partial charge in [0.2, 0.25) is 5.91 Å². The summed E-state index contributed by atoms with van der Waals surface area (Å²) in [4.78, 5) is 13.9. The largest absolute Gasteiger partial charge is 0.497 e. The zero-order chi connectivity index (χ0) is 14.0. The lowest BCUT2D eigenvalue weighted by Gasteiger charge is -2.19. The summed E-state index contributed by atoms with van der Waals surface area (Å²) in [5.41, 5.74) is 2.98. The molecule has 0 fully saturated rings. The minimum Gasteiger partial charge on any atom is -0.497 e. The maximum Gasteiger partial charge on any atom is 0.250 e. The lowest BCUT2D eigenvalue weighted by atomic mass is 10.1. The van der Waals surface area contributed by atoms with Gasteiger partial charge < -0.3 is 14.4 Å². The molecular formula is C15H19NO3. The van der Waals surface area contributed by atoms with Crippen molar-refractivity contribution in [3.63, 3.8) is 0 Å². The van der Waals surface area contributed by atoms with Crippen molar-refractivity contribution in [1.29, 1.82) is 0 Å². The standard InChI is InChI=1S/C15H19NO3/c1-10-8-16(15(17)11(10)2)9-12-5-6-13(18-3)7-14(12)19-4/h5-7H,8-9H2,1-4H3. The van der Waals surface area contributed by atoms with E-state index in [0.29, 0.717) is 13.1 Å². The average Bonchev–Trinajstić information content (AvgIpc) is 2.67. The Morgan fingerprint density at radius 1 is 1.21 bits per heavy atom. The molecule has 0 aromatic heterocycles. The molecule has 0 N–H and O–H groups in total. The van der Waals surface area contributed by atoms with Gasteiger partial charge in [-0.15, -0.1) is 0 Å². The van der Waals surface area contributed by atoms with Crippen LogP contribution >= 0.6 is 0 Å². The lowest BCUT2D eigenvalue weighted by Crippen LogP contribution is -2.26. The Morgan fingerprint density at radius 3 is 2.47 bits per heavy atom. The summed E-state index contributed by atoms with van der Waals surface area (Å²) in [7, 11) is 3.24. The zero-order valence-corrected chi connectivity index (χ0v) is 11.8. The zero-order valence-electron chi connectivity index (χ0n) is 11.8. The van der Waals surface area contributed by atoms with Crippen molar-refractivity contribution in [1.82, 2.24) is 4.90 Å². The Balaban J connectivity index is 2.19. The second kappa shape index (κ2) is 5.34. The number of hydrogen-bond donors (Lipinski definition) is 0.